The van der Waals surface area contributed by atoms with Crippen LogP contribution in [0, 0.1) is 17.6 Å². The third kappa shape index (κ3) is 3.54. The Labute approximate surface area is 117 Å². The van der Waals surface area contributed by atoms with Gasteiger partial charge in [-0.25, -0.2) is 8.78 Å². The van der Waals surface area contributed by atoms with Gasteiger partial charge in [-0.2, -0.15) is 0 Å². The number of carbonyl (C=O) groups excluding carboxylic acids is 1. The fourth-order valence-electron chi connectivity index (χ4n) is 2.72. The molecule has 0 bridgehead atoms. The van der Waals surface area contributed by atoms with Gasteiger partial charge >= 0.3 is 0 Å². The molecule has 1 aromatic carbocycles. The molecule has 1 aliphatic carbocycles. The molecule has 5 heteroatoms. The molecule has 1 aromatic rings. The minimum atomic E-state index is -0.901. The molecule has 0 aliphatic heterocycles. The number of nitrogens with two attached hydrogens (primary N) is 1. The maximum atomic E-state index is 13.2. The van der Waals surface area contributed by atoms with Crippen LogP contribution in [0.4, 0.5) is 8.78 Å². The molecule has 2 rings (SSSR count). The highest BCUT2D eigenvalue weighted by Gasteiger charge is 2.26. The molecule has 0 saturated heterocycles. The van der Waals surface area contributed by atoms with Crippen molar-refractivity contribution >= 4 is 5.91 Å². The second kappa shape index (κ2) is 6.31. The van der Waals surface area contributed by atoms with Crippen LogP contribution in [-0.2, 0) is 4.79 Å². The number of halogens is 2. The largest absolute Gasteiger partial charge is 0.350 e. The van der Waals surface area contributed by atoms with E-state index in [1.807, 2.05) is 0 Å². The highest BCUT2D eigenvalue weighted by atomic mass is 19.2. The second-order valence-corrected chi connectivity index (χ2v) is 5.52. The molecule has 1 saturated carbocycles. The Morgan fingerprint density at radius 2 is 2.15 bits per heavy atom. The quantitative estimate of drug-likeness (QED) is 0.892. The van der Waals surface area contributed by atoms with Crippen LogP contribution in [0.5, 0.6) is 0 Å². The van der Waals surface area contributed by atoms with Crippen molar-refractivity contribution in [1.29, 1.82) is 0 Å². The third-order valence-corrected chi connectivity index (χ3v) is 3.99. The van der Waals surface area contributed by atoms with Crippen molar-refractivity contribution in [2.45, 2.75) is 44.7 Å². The van der Waals surface area contributed by atoms with Crippen LogP contribution in [-0.4, -0.2) is 11.9 Å². The predicted molar refractivity (Wildman–Crippen MR) is 72.8 cm³/mol. The molecule has 1 fully saturated rings. The minimum absolute atomic E-state index is 0.0930. The molecule has 3 N–H and O–H groups in total. The topological polar surface area (TPSA) is 55.1 Å². The number of hydrogen-bond donors (Lipinski definition) is 2. The van der Waals surface area contributed by atoms with Crippen molar-refractivity contribution in [2.24, 2.45) is 11.7 Å². The number of hydrogen-bond acceptors (Lipinski definition) is 2. The molecule has 3 nitrogen and oxygen atoms in total. The summed E-state index contributed by atoms with van der Waals surface area (Å²) in [5.74, 6) is -1.65. The summed E-state index contributed by atoms with van der Waals surface area (Å²) < 4.78 is 26.0. The summed E-state index contributed by atoms with van der Waals surface area (Å²) >= 11 is 0. The standard InChI is InChI=1S/C15H20F2N2O/c1-9(10-5-6-12(16)13(17)7-10)19-15(20)8-11-3-2-4-14(11)18/h5-7,9,11,14H,2-4,8,18H2,1H3,(H,19,20)/t9?,11-,14+/m0/s1. The van der Waals surface area contributed by atoms with Crippen molar-refractivity contribution < 1.29 is 13.6 Å². The summed E-state index contributed by atoms with van der Waals surface area (Å²) in [5.41, 5.74) is 6.48. The van der Waals surface area contributed by atoms with Crippen molar-refractivity contribution in [1.82, 2.24) is 5.32 Å². The van der Waals surface area contributed by atoms with E-state index in [9.17, 15) is 13.6 Å². The van der Waals surface area contributed by atoms with Gasteiger partial charge in [-0.3, -0.25) is 4.79 Å². The van der Waals surface area contributed by atoms with Crippen molar-refractivity contribution in [2.75, 3.05) is 0 Å². The number of amides is 1. The van der Waals surface area contributed by atoms with Gasteiger partial charge in [0.25, 0.3) is 0 Å². The Kier molecular flexibility index (Phi) is 4.70. The van der Waals surface area contributed by atoms with Gasteiger partial charge in [0.15, 0.2) is 11.6 Å². The molecule has 0 spiro atoms. The van der Waals surface area contributed by atoms with Crippen LogP contribution in [0.1, 0.15) is 44.2 Å². The van der Waals surface area contributed by atoms with Crippen molar-refractivity contribution in [3.05, 3.63) is 35.4 Å². The van der Waals surface area contributed by atoms with Gasteiger partial charge < -0.3 is 11.1 Å². The van der Waals surface area contributed by atoms with E-state index < -0.39 is 11.6 Å². The maximum absolute atomic E-state index is 13.2. The molecule has 110 valence electrons. The Morgan fingerprint density at radius 3 is 2.75 bits per heavy atom. The van der Waals surface area contributed by atoms with Crippen molar-refractivity contribution in [3.8, 4) is 0 Å². The van der Waals surface area contributed by atoms with E-state index >= 15 is 0 Å². The summed E-state index contributed by atoms with van der Waals surface area (Å²) in [7, 11) is 0. The Hall–Kier alpha value is -1.49. The van der Waals surface area contributed by atoms with Gasteiger partial charge in [0.05, 0.1) is 6.04 Å². The average molecular weight is 282 g/mol. The zero-order chi connectivity index (χ0) is 14.7. The van der Waals surface area contributed by atoms with Crippen molar-refractivity contribution in [3.63, 3.8) is 0 Å². The molecule has 1 unspecified atom stereocenters. The Balaban J connectivity index is 1.91. The number of rotatable bonds is 4. The first-order valence-corrected chi connectivity index (χ1v) is 6.97. The molecule has 0 heterocycles. The molecular formula is C15H20F2N2O. The van der Waals surface area contributed by atoms with Gasteiger partial charge in [-0.05, 0) is 43.4 Å². The van der Waals surface area contributed by atoms with E-state index in [-0.39, 0.29) is 23.9 Å². The van der Waals surface area contributed by atoms with E-state index in [0.29, 0.717) is 12.0 Å². The van der Waals surface area contributed by atoms with Gasteiger partial charge in [-0.15, -0.1) is 0 Å². The normalized spacial score (nSPS) is 23.6. The zero-order valence-electron chi connectivity index (χ0n) is 11.5. The monoisotopic (exact) mass is 282 g/mol. The highest BCUT2D eigenvalue weighted by Crippen LogP contribution is 2.27. The average Bonchev–Trinajstić information content (AvgIpc) is 2.78. The van der Waals surface area contributed by atoms with Gasteiger partial charge in [-0.1, -0.05) is 12.5 Å². The predicted octanol–water partition coefficient (Wildman–Crippen LogP) is 2.66. The van der Waals surface area contributed by atoms with Crippen LogP contribution in [0.2, 0.25) is 0 Å². The van der Waals surface area contributed by atoms with E-state index in [4.69, 9.17) is 5.73 Å². The lowest BCUT2D eigenvalue weighted by Crippen LogP contribution is -2.32. The van der Waals surface area contributed by atoms with Gasteiger partial charge in [0, 0.05) is 12.5 Å². The van der Waals surface area contributed by atoms with Crippen LogP contribution in [0.15, 0.2) is 18.2 Å². The second-order valence-electron chi connectivity index (χ2n) is 5.52. The summed E-state index contributed by atoms with van der Waals surface area (Å²) in [4.78, 5) is 11.9. The zero-order valence-corrected chi connectivity index (χ0v) is 11.5. The summed E-state index contributed by atoms with van der Waals surface area (Å²) in [6, 6.07) is 3.40. The molecular weight excluding hydrogens is 262 g/mol. The first-order valence-electron chi connectivity index (χ1n) is 6.97. The Bertz CT molecular complexity index is 493. The van der Waals surface area contributed by atoms with E-state index in [2.05, 4.69) is 5.32 Å². The number of nitrogens with one attached hydrogen (secondary N) is 1. The first-order chi connectivity index (χ1) is 9.47. The summed E-state index contributed by atoms with van der Waals surface area (Å²) in [6.45, 7) is 1.75. The van der Waals surface area contributed by atoms with Gasteiger partial charge in [0.2, 0.25) is 5.91 Å². The molecule has 1 amide bonds. The fourth-order valence-corrected chi connectivity index (χ4v) is 2.72. The third-order valence-electron chi connectivity index (χ3n) is 3.99. The van der Waals surface area contributed by atoms with E-state index in [1.165, 1.54) is 6.07 Å². The first kappa shape index (κ1) is 14.9. The van der Waals surface area contributed by atoms with Gasteiger partial charge in [0.1, 0.15) is 0 Å². The highest BCUT2D eigenvalue weighted by molar-refractivity contribution is 5.76. The molecule has 1 aliphatic rings. The lowest BCUT2D eigenvalue weighted by molar-refractivity contribution is -0.122. The number of carbonyl (C=O) groups is 1. The smallest absolute Gasteiger partial charge is 0.220 e. The maximum Gasteiger partial charge on any atom is 0.220 e. The van der Waals surface area contributed by atoms with E-state index in [0.717, 1.165) is 31.4 Å². The molecule has 0 aromatic heterocycles. The van der Waals surface area contributed by atoms with Crippen LogP contribution in [0.3, 0.4) is 0 Å². The SMILES string of the molecule is CC(NC(=O)C[C@@H]1CCC[C@H]1N)c1ccc(F)c(F)c1. The molecule has 3 atom stereocenters. The van der Waals surface area contributed by atoms with Crippen LogP contribution >= 0.6 is 0 Å². The van der Waals surface area contributed by atoms with E-state index in [1.54, 1.807) is 6.92 Å². The summed E-state index contributed by atoms with van der Waals surface area (Å²) in [6.07, 6.45) is 3.41. The van der Waals surface area contributed by atoms with Crippen LogP contribution in [0.25, 0.3) is 0 Å². The molecule has 20 heavy (non-hydrogen) atoms. The Morgan fingerprint density at radius 1 is 1.40 bits per heavy atom. The lowest BCUT2D eigenvalue weighted by atomic mass is 9.99. The number of benzene rings is 1. The summed E-state index contributed by atoms with van der Waals surface area (Å²) in [5, 5.41) is 2.81. The van der Waals surface area contributed by atoms with Crippen LogP contribution < -0.4 is 11.1 Å². The molecule has 0 radical (unpaired) electrons. The fraction of sp³-hybridized carbons (Fsp3) is 0.533. The lowest BCUT2D eigenvalue weighted by Gasteiger charge is -2.18. The minimum Gasteiger partial charge on any atom is -0.350 e.